The molecule has 2 N–H and O–H groups in total. The van der Waals surface area contributed by atoms with E-state index in [1.165, 1.54) is 11.3 Å². The lowest BCUT2D eigenvalue weighted by Gasteiger charge is -2.33. The van der Waals surface area contributed by atoms with Crippen LogP contribution in [0.2, 0.25) is 0 Å². The Morgan fingerprint density at radius 1 is 1.17 bits per heavy atom. The van der Waals surface area contributed by atoms with Crippen LogP contribution in [0.3, 0.4) is 0 Å². The molecule has 0 aliphatic carbocycles. The van der Waals surface area contributed by atoms with Crippen molar-refractivity contribution in [2.24, 2.45) is 4.99 Å². The zero-order chi connectivity index (χ0) is 20.2. The number of hydrogen-bond donors (Lipinski definition) is 2. The summed E-state index contributed by atoms with van der Waals surface area (Å²) in [4.78, 5) is 16.0. The predicted molar refractivity (Wildman–Crippen MR) is 133 cm³/mol. The van der Waals surface area contributed by atoms with E-state index in [9.17, 15) is 0 Å². The van der Waals surface area contributed by atoms with Gasteiger partial charge in [-0.15, -0.1) is 24.0 Å². The van der Waals surface area contributed by atoms with Crippen molar-refractivity contribution in [2.45, 2.75) is 39.3 Å². The molecule has 0 amide bonds. The Morgan fingerprint density at radius 2 is 1.97 bits per heavy atom. The fourth-order valence-electron chi connectivity index (χ4n) is 3.75. The standard InChI is InChI=1S/C22H29N7.HI/c1-16-7-8-20(24-13-16)28-11-9-18(10-12-28)27-22(23-3)25-14-19-15-29-17(2)5-4-6-21(29)26-19;/h4-8,13,15,18H,9-12,14H2,1-3H3,(H2,23,25,27);1H. The fourth-order valence-corrected chi connectivity index (χ4v) is 3.75. The van der Waals surface area contributed by atoms with E-state index in [1.54, 1.807) is 0 Å². The van der Waals surface area contributed by atoms with Gasteiger partial charge in [0.2, 0.25) is 0 Å². The van der Waals surface area contributed by atoms with E-state index >= 15 is 0 Å². The van der Waals surface area contributed by atoms with Gasteiger partial charge in [-0.25, -0.2) is 9.97 Å². The first-order valence-corrected chi connectivity index (χ1v) is 10.2. The van der Waals surface area contributed by atoms with Crippen molar-refractivity contribution in [1.29, 1.82) is 0 Å². The molecule has 30 heavy (non-hydrogen) atoms. The molecule has 0 bridgehead atoms. The van der Waals surface area contributed by atoms with Gasteiger partial charge >= 0.3 is 0 Å². The smallest absolute Gasteiger partial charge is 0.191 e. The highest BCUT2D eigenvalue weighted by molar-refractivity contribution is 14.0. The van der Waals surface area contributed by atoms with Crippen molar-refractivity contribution >= 4 is 41.4 Å². The van der Waals surface area contributed by atoms with Crippen LogP contribution in [-0.2, 0) is 6.54 Å². The van der Waals surface area contributed by atoms with E-state index in [1.807, 2.05) is 25.4 Å². The third-order valence-electron chi connectivity index (χ3n) is 5.46. The van der Waals surface area contributed by atoms with Crippen molar-refractivity contribution in [2.75, 3.05) is 25.0 Å². The summed E-state index contributed by atoms with van der Waals surface area (Å²) in [7, 11) is 1.81. The Hall–Kier alpha value is -2.36. The maximum absolute atomic E-state index is 4.68. The molecule has 0 saturated carbocycles. The van der Waals surface area contributed by atoms with Gasteiger partial charge < -0.3 is 19.9 Å². The van der Waals surface area contributed by atoms with Gasteiger partial charge in [0.05, 0.1) is 12.2 Å². The molecular formula is C22H30IN7. The molecule has 0 spiro atoms. The molecule has 1 aliphatic heterocycles. The van der Waals surface area contributed by atoms with Crippen LogP contribution in [0.4, 0.5) is 5.82 Å². The third-order valence-corrected chi connectivity index (χ3v) is 5.46. The van der Waals surface area contributed by atoms with E-state index in [2.05, 4.69) is 73.1 Å². The van der Waals surface area contributed by atoms with E-state index in [0.29, 0.717) is 12.6 Å². The van der Waals surface area contributed by atoms with Gasteiger partial charge in [0.15, 0.2) is 5.96 Å². The lowest BCUT2D eigenvalue weighted by Crippen LogP contribution is -2.48. The van der Waals surface area contributed by atoms with Crippen molar-refractivity contribution in [3.8, 4) is 0 Å². The van der Waals surface area contributed by atoms with E-state index < -0.39 is 0 Å². The molecule has 4 rings (SSSR count). The highest BCUT2D eigenvalue weighted by Gasteiger charge is 2.21. The quantitative estimate of drug-likeness (QED) is 0.315. The summed E-state index contributed by atoms with van der Waals surface area (Å²) < 4.78 is 2.11. The molecule has 1 saturated heterocycles. The first-order chi connectivity index (χ1) is 14.1. The summed E-state index contributed by atoms with van der Waals surface area (Å²) in [6.45, 7) is 6.80. The molecule has 7 nitrogen and oxygen atoms in total. The number of aliphatic imine (C=N–C) groups is 1. The first-order valence-electron chi connectivity index (χ1n) is 10.2. The summed E-state index contributed by atoms with van der Waals surface area (Å²) in [5, 5.41) is 6.96. The van der Waals surface area contributed by atoms with Crippen LogP contribution in [-0.4, -0.2) is 46.5 Å². The number of aryl methyl sites for hydroxylation is 2. The highest BCUT2D eigenvalue weighted by Crippen LogP contribution is 2.18. The number of aromatic nitrogens is 3. The molecule has 8 heteroatoms. The van der Waals surface area contributed by atoms with Gasteiger partial charge in [-0.2, -0.15) is 0 Å². The first kappa shape index (κ1) is 22.3. The lowest BCUT2D eigenvalue weighted by atomic mass is 10.1. The van der Waals surface area contributed by atoms with Crippen LogP contribution in [0.1, 0.15) is 29.8 Å². The van der Waals surface area contributed by atoms with Gasteiger partial charge in [0.1, 0.15) is 11.5 Å². The summed E-state index contributed by atoms with van der Waals surface area (Å²) in [5.41, 5.74) is 4.35. The molecule has 160 valence electrons. The fraction of sp³-hybridized carbons (Fsp3) is 0.409. The molecule has 4 heterocycles. The second-order valence-corrected chi connectivity index (χ2v) is 7.65. The number of fused-ring (bicyclic) bond motifs is 1. The Balaban J connectivity index is 0.00000256. The Bertz CT molecular complexity index is 988. The number of pyridine rings is 2. The summed E-state index contributed by atoms with van der Waals surface area (Å²) in [6.07, 6.45) is 6.14. The second-order valence-electron chi connectivity index (χ2n) is 7.65. The minimum Gasteiger partial charge on any atom is -0.356 e. The number of imidazole rings is 1. The van der Waals surface area contributed by atoms with Crippen molar-refractivity contribution in [3.05, 3.63) is 59.7 Å². The van der Waals surface area contributed by atoms with Gasteiger partial charge in [-0.05, 0) is 50.5 Å². The van der Waals surface area contributed by atoms with Crippen LogP contribution in [0.25, 0.3) is 5.65 Å². The number of anilines is 1. The normalized spacial score (nSPS) is 15.2. The van der Waals surface area contributed by atoms with Gasteiger partial charge in [-0.1, -0.05) is 12.1 Å². The van der Waals surface area contributed by atoms with Crippen LogP contribution in [0, 0.1) is 13.8 Å². The number of guanidine groups is 1. The summed E-state index contributed by atoms with van der Waals surface area (Å²) in [5.74, 6) is 1.89. The second kappa shape index (κ2) is 10.1. The minimum atomic E-state index is 0. The van der Waals surface area contributed by atoms with Crippen LogP contribution in [0.5, 0.6) is 0 Å². The van der Waals surface area contributed by atoms with E-state index in [4.69, 9.17) is 0 Å². The van der Waals surface area contributed by atoms with Crippen LogP contribution < -0.4 is 15.5 Å². The van der Waals surface area contributed by atoms with Crippen LogP contribution in [0.15, 0.2) is 47.7 Å². The molecule has 3 aromatic rings. The van der Waals surface area contributed by atoms with Crippen molar-refractivity contribution in [1.82, 2.24) is 25.0 Å². The van der Waals surface area contributed by atoms with Crippen LogP contribution >= 0.6 is 24.0 Å². The lowest BCUT2D eigenvalue weighted by molar-refractivity contribution is 0.459. The zero-order valence-electron chi connectivity index (χ0n) is 17.8. The molecule has 0 unspecified atom stereocenters. The van der Waals surface area contributed by atoms with Gasteiger partial charge in [-0.3, -0.25) is 4.99 Å². The van der Waals surface area contributed by atoms with E-state index in [0.717, 1.165) is 49.0 Å². The number of hydrogen-bond acceptors (Lipinski definition) is 4. The van der Waals surface area contributed by atoms with Crippen molar-refractivity contribution < 1.29 is 0 Å². The molecule has 0 atom stereocenters. The zero-order valence-corrected chi connectivity index (χ0v) is 20.1. The average molecular weight is 519 g/mol. The highest BCUT2D eigenvalue weighted by atomic mass is 127. The number of piperidine rings is 1. The maximum atomic E-state index is 4.68. The Morgan fingerprint density at radius 3 is 2.63 bits per heavy atom. The minimum absolute atomic E-state index is 0. The summed E-state index contributed by atoms with van der Waals surface area (Å²) >= 11 is 0. The average Bonchev–Trinajstić information content (AvgIpc) is 3.17. The Kier molecular flexibility index (Phi) is 7.52. The molecular weight excluding hydrogens is 489 g/mol. The SMILES string of the molecule is CN=C(NCc1cn2c(C)cccc2n1)NC1CCN(c2ccc(C)cn2)CC1.I. The topological polar surface area (TPSA) is 69.8 Å². The molecule has 0 radical (unpaired) electrons. The van der Waals surface area contributed by atoms with Gasteiger partial charge in [0, 0.05) is 44.3 Å². The molecule has 1 aliphatic rings. The number of nitrogens with one attached hydrogen (secondary N) is 2. The summed E-state index contributed by atoms with van der Waals surface area (Å²) in [6, 6.07) is 10.8. The largest absolute Gasteiger partial charge is 0.356 e. The maximum Gasteiger partial charge on any atom is 0.191 e. The third kappa shape index (κ3) is 5.21. The molecule has 0 aromatic carbocycles. The molecule has 1 fully saturated rings. The number of nitrogens with zero attached hydrogens (tertiary/aromatic N) is 5. The van der Waals surface area contributed by atoms with Crippen molar-refractivity contribution in [3.63, 3.8) is 0 Å². The molecule has 3 aromatic heterocycles. The number of halogens is 1. The van der Waals surface area contributed by atoms with Gasteiger partial charge in [0.25, 0.3) is 0 Å². The Labute approximate surface area is 195 Å². The van der Waals surface area contributed by atoms with E-state index in [-0.39, 0.29) is 24.0 Å². The predicted octanol–water partition coefficient (Wildman–Crippen LogP) is 3.30. The number of rotatable bonds is 4. The monoisotopic (exact) mass is 519 g/mol.